The van der Waals surface area contributed by atoms with Gasteiger partial charge in [0, 0.05) is 36.4 Å². The topological polar surface area (TPSA) is 54.2 Å². The Morgan fingerprint density at radius 3 is 2.50 bits per heavy atom. The van der Waals surface area contributed by atoms with Crippen LogP contribution in [-0.4, -0.2) is 21.4 Å². The molecule has 0 amide bonds. The number of imidazole rings is 1. The van der Waals surface area contributed by atoms with Gasteiger partial charge in [-0.25, -0.2) is 9.97 Å². The maximum atomic E-state index is 4.59. The maximum Gasteiger partial charge on any atom is 0.180 e. The molecule has 2 aromatic carbocycles. The Labute approximate surface area is 178 Å². The van der Waals surface area contributed by atoms with Crippen molar-refractivity contribution in [2.75, 3.05) is 17.7 Å². The van der Waals surface area contributed by atoms with Gasteiger partial charge in [-0.15, -0.1) is 0 Å². The van der Waals surface area contributed by atoms with Crippen LogP contribution in [0, 0.1) is 0 Å². The van der Waals surface area contributed by atoms with Crippen LogP contribution in [0.3, 0.4) is 0 Å². The molecule has 0 unspecified atom stereocenters. The number of benzene rings is 2. The summed E-state index contributed by atoms with van der Waals surface area (Å²) in [5.41, 5.74) is 5.94. The Morgan fingerprint density at radius 1 is 1.00 bits per heavy atom. The highest BCUT2D eigenvalue weighted by Crippen LogP contribution is 2.26. The van der Waals surface area contributed by atoms with E-state index in [-0.39, 0.29) is 0 Å². The van der Waals surface area contributed by atoms with Gasteiger partial charge in [-0.2, -0.15) is 0 Å². The maximum absolute atomic E-state index is 4.59. The van der Waals surface area contributed by atoms with Crippen LogP contribution in [0.5, 0.6) is 0 Å². The van der Waals surface area contributed by atoms with Gasteiger partial charge in [0.2, 0.25) is 0 Å². The molecule has 0 atom stereocenters. The van der Waals surface area contributed by atoms with Crippen LogP contribution in [0.1, 0.15) is 32.3 Å². The molecule has 4 rings (SSSR count). The molecule has 0 aliphatic rings. The molecule has 0 aliphatic heterocycles. The number of unbranched alkanes of at least 4 members (excludes halogenated alkanes) is 1. The number of rotatable bonds is 6. The molecule has 2 N–H and O–H groups in total. The minimum absolute atomic E-state index is 0.715. The first kappa shape index (κ1) is 21.1. The van der Waals surface area contributed by atoms with Gasteiger partial charge < -0.3 is 10.6 Å². The number of nitrogens with one attached hydrogen (secondary N) is 2. The SMILES string of the molecule is C=Cc1cccc(-c2cnc3c(Nc4cccc(NC)c4)nccn23)c1.CCCC. The second-order valence-corrected chi connectivity index (χ2v) is 6.90. The fourth-order valence-electron chi connectivity index (χ4n) is 2.94. The van der Waals surface area contributed by atoms with Crippen molar-refractivity contribution in [1.82, 2.24) is 14.4 Å². The Balaban J connectivity index is 0.000000589. The first-order chi connectivity index (χ1) is 14.7. The molecule has 0 bridgehead atoms. The van der Waals surface area contributed by atoms with E-state index < -0.39 is 0 Å². The predicted octanol–water partition coefficient (Wildman–Crippen LogP) is 6.63. The summed E-state index contributed by atoms with van der Waals surface area (Å²) in [5.74, 6) is 0.715. The molecular formula is C25H29N5. The number of nitrogens with zero attached hydrogens (tertiary/aromatic N) is 3. The highest BCUT2D eigenvalue weighted by atomic mass is 15.1. The lowest BCUT2D eigenvalue weighted by molar-refractivity contribution is 0.886. The van der Waals surface area contributed by atoms with Crippen LogP contribution in [0.2, 0.25) is 0 Å². The highest BCUT2D eigenvalue weighted by Gasteiger charge is 2.11. The molecule has 30 heavy (non-hydrogen) atoms. The number of hydrogen-bond donors (Lipinski definition) is 2. The molecule has 5 nitrogen and oxygen atoms in total. The van der Waals surface area contributed by atoms with Gasteiger partial charge in [-0.05, 0) is 29.8 Å². The molecule has 0 aliphatic carbocycles. The minimum Gasteiger partial charge on any atom is -0.388 e. The molecule has 0 saturated carbocycles. The van der Waals surface area contributed by atoms with Crippen LogP contribution >= 0.6 is 0 Å². The summed E-state index contributed by atoms with van der Waals surface area (Å²) in [4.78, 5) is 9.05. The largest absolute Gasteiger partial charge is 0.388 e. The zero-order chi connectivity index (χ0) is 21.3. The van der Waals surface area contributed by atoms with Crippen LogP contribution < -0.4 is 10.6 Å². The summed E-state index contributed by atoms with van der Waals surface area (Å²) >= 11 is 0. The lowest BCUT2D eigenvalue weighted by Gasteiger charge is -2.09. The van der Waals surface area contributed by atoms with Gasteiger partial charge in [-0.3, -0.25) is 4.40 Å². The van der Waals surface area contributed by atoms with Crippen molar-refractivity contribution in [3.63, 3.8) is 0 Å². The number of anilines is 3. The molecule has 2 aromatic heterocycles. The number of aromatic nitrogens is 3. The molecule has 4 aromatic rings. The molecule has 154 valence electrons. The van der Waals surface area contributed by atoms with E-state index in [4.69, 9.17) is 0 Å². The Hall–Kier alpha value is -3.60. The van der Waals surface area contributed by atoms with E-state index in [0.717, 1.165) is 33.8 Å². The molecule has 0 radical (unpaired) electrons. The molecule has 2 heterocycles. The van der Waals surface area contributed by atoms with Crippen molar-refractivity contribution in [3.05, 3.63) is 79.3 Å². The summed E-state index contributed by atoms with van der Waals surface area (Å²) < 4.78 is 2.04. The second kappa shape index (κ2) is 10.3. The molecule has 0 saturated heterocycles. The van der Waals surface area contributed by atoms with Crippen molar-refractivity contribution in [1.29, 1.82) is 0 Å². The lowest BCUT2D eigenvalue weighted by Crippen LogP contribution is -1.99. The van der Waals surface area contributed by atoms with Crippen LogP contribution in [-0.2, 0) is 0 Å². The third-order valence-electron chi connectivity index (χ3n) is 4.76. The zero-order valence-corrected chi connectivity index (χ0v) is 17.9. The van der Waals surface area contributed by atoms with E-state index in [0.29, 0.717) is 5.82 Å². The first-order valence-electron chi connectivity index (χ1n) is 10.3. The van der Waals surface area contributed by atoms with Crippen LogP contribution in [0.25, 0.3) is 23.0 Å². The van der Waals surface area contributed by atoms with E-state index in [9.17, 15) is 0 Å². The second-order valence-electron chi connectivity index (χ2n) is 6.90. The van der Waals surface area contributed by atoms with E-state index in [1.54, 1.807) is 6.20 Å². The fraction of sp³-hybridized carbons (Fsp3) is 0.200. The molecule has 0 spiro atoms. The van der Waals surface area contributed by atoms with Crippen molar-refractivity contribution in [3.8, 4) is 11.3 Å². The zero-order valence-electron chi connectivity index (χ0n) is 17.9. The number of fused-ring (bicyclic) bond motifs is 1. The molecular weight excluding hydrogens is 370 g/mol. The van der Waals surface area contributed by atoms with Crippen molar-refractivity contribution in [2.45, 2.75) is 26.7 Å². The Morgan fingerprint density at radius 2 is 1.77 bits per heavy atom. The van der Waals surface area contributed by atoms with Crippen molar-refractivity contribution >= 4 is 28.9 Å². The van der Waals surface area contributed by atoms with Gasteiger partial charge in [0.25, 0.3) is 0 Å². The van der Waals surface area contributed by atoms with Gasteiger partial charge in [0.05, 0.1) is 11.9 Å². The summed E-state index contributed by atoms with van der Waals surface area (Å²) in [6.07, 6.45) is 10.1. The fourth-order valence-corrected chi connectivity index (χ4v) is 2.94. The van der Waals surface area contributed by atoms with Crippen LogP contribution in [0.4, 0.5) is 17.2 Å². The first-order valence-corrected chi connectivity index (χ1v) is 10.3. The Kier molecular flexibility index (Phi) is 7.22. The average molecular weight is 400 g/mol. The minimum atomic E-state index is 0.715. The quantitative estimate of drug-likeness (QED) is 0.382. The monoisotopic (exact) mass is 399 g/mol. The van der Waals surface area contributed by atoms with Gasteiger partial charge >= 0.3 is 0 Å². The summed E-state index contributed by atoms with van der Waals surface area (Å²) in [6.45, 7) is 8.20. The van der Waals surface area contributed by atoms with E-state index >= 15 is 0 Å². The third kappa shape index (κ3) is 4.87. The molecule has 5 heteroatoms. The number of hydrogen-bond acceptors (Lipinski definition) is 4. The lowest BCUT2D eigenvalue weighted by atomic mass is 10.1. The normalized spacial score (nSPS) is 10.2. The Bertz CT molecular complexity index is 1110. The summed E-state index contributed by atoms with van der Waals surface area (Å²) in [5, 5.41) is 6.50. The van der Waals surface area contributed by atoms with Gasteiger partial charge in [0.15, 0.2) is 11.5 Å². The van der Waals surface area contributed by atoms with Gasteiger partial charge in [-0.1, -0.05) is 63.6 Å². The van der Waals surface area contributed by atoms with Gasteiger partial charge in [0.1, 0.15) is 0 Å². The van der Waals surface area contributed by atoms with E-state index in [2.05, 4.69) is 53.2 Å². The predicted molar refractivity (Wildman–Crippen MR) is 128 cm³/mol. The smallest absolute Gasteiger partial charge is 0.180 e. The van der Waals surface area contributed by atoms with E-state index in [1.165, 1.54) is 12.8 Å². The van der Waals surface area contributed by atoms with Crippen molar-refractivity contribution in [2.24, 2.45) is 0 Å². The standard InChI is InChI=1S/C21H19N5.C4H10/c1-3-15-6-4-7-16(12-15)19-14-24-21-20(23-10-11-26(19)21)25-18-9-5-8-17(13-18)22-2;1-3-4-2/h3-14,22H,1H2,2H3,(H,23,25);3-4H2,1-2H3. The van der Waals surface area contributed by atoms with Crippen LogP contribution in [0.15, 0.2) is 73.7 Å². The summed E-state index contributed by atoms with van der Waals surface area (Å²) in [7, 11) is 1.90. The average Bonchev–Trinajstić information content (AvgIpc) is 3.24. The highest BCUT2D eigenvalue weighted by molar-refractivity contribution is 5.75. The third-order valence-corrected chi connectivity index (χ3v) is 4.76. The van der Waals surface area contributed by atoms with E-state index in [1.807, 2.05) is 66.3 Å². The molecule has 0 fully saturated rings. The van der Waals surface area contributed by atoms with Crippen molar-refractivity contribution < 1.29 is 0 Å². The summed E-state index contributed by atoms with van der Waals surface area (Å²) in [6, 6.07) is 16.3.